The number of aromatic amines is 1. The molecule has 2 aliphatic rings. The number of carbonyl (C=O) groups excluding carboxylic acids is 1. The number of aromatic nitrogens is 2. The molecular formula is C15H18F3N3O2. The largest absolute Gasteiger partial charge is 0.501 e. The zero-order chi connectivity index (χ0) is 16.4. The molecule has 0 unspecified atom stereocenters. The predicted octanol–water partition coefficient (Wildman–Crippen LogP) is 2.83. The number of halogens is 3. The third-order valence-corrected chi connectivity index (χ3v) is 4.25. The quantitative estimate of drug-likeness (QED) is 0.908. The zero-order valence-electron chi connectivity index (χ0n) is 12.5. The molecule has 1 N–H and O–H groups in total. The van der Waals surface area contributed by atoms with Crippen molar-refractivity contribution >= 4 is 5.91 Å². The highest BCUT2D eigenvalue weighted by Gasteiger charge is 2.35. The molecule has 3 rings (SSSR count). The van der Waals surface area contributed by atoms with E-state index >= 15 is 0 Å². The van der Waals surface area contributed by atoms with Crippen LogP contribution in [-0.4, -0.2) is 40.7 Å². The van der Waals surface area contributed by atoms with Gasteiger partial charge in [-0.05, 0) is 31.7 Å². The summed E-state index contributed by atoms with van der Waals surface area (Å²) in [7, 11) is 0. The average Bonchev–Trinajstić information content (AvgIpc) is 3.05. The normalized spacial score (nSPS) is 22.5. The average molecular weight is 329 g/mol. The standard InChI is InChI=1S/C15H18F3N3O2/c16-15(17,18)13-7-12(19-20-13)10-3-1-5-21(8-10)14(22)11-4-2-6-23-9-11/h7,9-10H,1-6,8H2,(H,19,20)/t10-/m0/s1. The molecule has 0 bridgehead atoms. The summed E-state index contributed by atoms with van der Waals surface area (Å²) < 4.78 is 43.1. The van der Waals surface area contributed by atoms with Gasteiger partial charge in [0.1, 0.15) is 0 Å². The molecular weight excluding hydrogens is 311 g/mol. The van der Waals surface area contributed by atoms with Crippen molar-refractivity contribution in [3.8, 4) is 0 Å². The Labute approximate surface area is 131 Å². The fraction of sp³-hybridized carbons (Fsp3) is 0.600. The van der Waals surface area contributed by atoms with Crippen LogP contribution in [0.5, 0.6) is 0 Å². The summed E-state index contributed by atoms with van der Waals surface area (Å²) >= 11 is 0. The summed E-state index contributed by atoms with van der Waals surface area (Å²) in [6.45, 7) is 1.64. The topological polar surface area (TPSA) is 58.2 Å². The van der Waals surface area contributed by atoms with E-state index in [1.807, 2.05) is 0 Å². The van der Waals surface area contributed by atoms with Gasteiger partial charge in [-0.2, -0.15) is 18.3 Å². The molecule has 1 amide bonds. The van der Waals surface area contributed by atoms with Crippen LogP contribution in [0.3, 0.4) is 0 Å². The van der Waals surface area contributed by atoms with Crippen LogP contribution in [0, 0.1) is 0 Å². The molecule has 3 heterocycles. The van der Waals surface area contributed by atoms with Gasteiger partial charge in [0, 0.05) is 24.7 Å². The minimum absolute atomic E-state index is 0.0787. The first-order valence-electron chi connectivity index (χ1n) is 7.67. The number of ether oxygens (including phenoxy) is 1. The molecule has 1 fully saturated rings. The van der Waals surface area contributed by atoms with E-state index in [2.05, 4.69) is 10.2 Å². The Morgan fingerprint density at radius 2 is 2.22 bits per heavy atom. The number of hydrogen-bond donors (Lipinski definition) is 1. The molecule has 2 aliphatic heterocycles. The summed E-state index contributed by atoms with van der Waals surface area (Å²) in [4.78, 5) is 14.2. The second kappa shape index (κ2) is 6.25. The maximum Gasteiger partial charge on any atom is 0.435 e. The van der Waals surface area contributed by atoms with Crippen molar-refractivity contribution in [1.82, 2.24) is 15.1 Å². The number of rotatable bonds is 2. The number of nitrogens with zero attached hydrogens (tertiary/aromatic N) is 2. The van der Waals surface area contributed by atoms with Gasteiger partial charge in [0.25, 0.3) is 5.91 Å². The van der Waals surface area contributed by atoms with E-state index in [1.165, 1.54) is 6.26 Å². The van der Waals surface area contributed by atoms with Crippen LogP contribution in [0.1, 0.15) is 43.0 Å². The molecule has 5 nitrogen and oxygen atoms in total. The van der Waals surface area contributed by atoms with Crippen molar-refractivity contribution < 1.29 is 22.7 Å². The number of likely N-dealkylation sites (tertiary alicyclic amines) is 1. The molecule has 23 heavy (non-hydrogen) atoms. The lowest BCUT2D eigenvalue weighted by atomic mass is 9.94. The molecule has 0 aromatic carbocycles. The number of amides is 1. The van der Waals surface area contributed by atoms with E-state index in [9.17, 15) is 18.0 Å². The summed E-state index contributed by atoms with van der Waals surface area (Å²) in [5, 5.41) is 5.81. The first-order chi connectivity index (χ1) is 10.9. The van der Waals surface area contributed by atoms with Crippen molar-refractivity contribution in [3.05, 3.63) is 29.3 Å². The number of hydrogen-bond acceptors (Lipinski definition) is 3. The zero-order valence-corrected chi connectivity index (χ0v) is 12.5. The third kappa shape index (κ3) is 3.51. The molecule has 0 saturated carbocycles. The first kappa shape index (κ1) is 15.9. The second-order valence-corrected chi connectivity index (χ2v) is 5.91. The Morgan fingerprint density at radius 3 is 2.87 bits per heavy atom. The van der Waals surface area contributed by atoms with Gasteiger partial charge in [0.15, 0.2) is 5.69 Å². The fourth-order valence-corrected chi connectivity index (χ4v) is 3.03. The van der Waals surface area contributed by atoms with E-state index in [0.29, 0.717) is 37.4 Å². The Hall–Kier alpha value is -1.99. The van der Waals surface area contributed by atoms with Crippen LogP contribution in [0.25, 0.3) is 0 Å². The molecule has 8 heteroatoms. The van der Waals surface area contributed by atoms with Crippen molar-refractivity contribution in [2.45, 2.75) is 37.8 Å². The maximum atomic E-state index is 12.6. The van der Waals surface area contributed by atoms with Crippen LogP contribution >= 0.6 is 0 Å². The Kier molecular flexibility index (Phi) is 4.32. The lowest BCUT2D eigenvalue weighted by Crippen LogP contribution is -2.40. The lowest BCUT2D eigenvalue weighted by Gasteiger charge is -2.33. The Bertz CT molecular complexity index is 609. The highest BCUT2D eigenvalue weighted by atomic mass is 19.4. The molecule has 0 spiro atoms. The van der Waals surface area contributed by atoms with Crippen LogP contribution in [0.4, 0.5) is 13.2 Å². The van der Waals surface area contributed by atoms with E-state index < -0.39 is 11.9 Å². The maximum absolute atomic E-state index is 12.6. The molecule has 1 aromatic heterocycles. The molecule has 1 atom stereocenters. The highest BCUT2D eigenvalue weighted by Crippen LogP contribution is 2.32. The predicted molar refractivity (Wildman–Crippen MR) is 75.4 cm³/mol. The first-order valence-corrected chi connectivity index (χ1v) is 7.67. The van der Waals surface area contributed by atoms with Gasteiger partial charge in [-0.1, -0.05) is 0 Å². The Morgan fingerprint density at radius 1 is 1.39 bits per heavy atom. The third-order valence-electron chi connectivity index (χ3n) is 4.25. The molecule has 126 valence electrons. The summed E-state index contributed by atoms with van der Waals surface area (Å²) in [6.07, 6.45) is 0.0346. The summed E-state index contributed by atoms with van der Waals surface area (Å²) in [5.41, 5.74) is 0.153. The summed E-state index contributed by atoms with van der Waals surface area (Å²) in [5.74, 6) is -0.230. The lowest BCUT2D eigenvalue weighted by molar-refractivity contribution is -0.141. The van der Waals surface area contributed by atoms with Crippen molar-refractivity contribution in [3.63, 3.8) is 0 Å². The smallest absolute Gasteiger partial charge is 0.435 e. The van der Waals surface area contributed by atoms with Gasteiger partial charge in [-0.25, -0.2) is 0 Å². The fourth-order valence-electron chi connectivity index (χ4n) is 3.03. The number of H-pyrrole nitrogens is 1. The van der Waals surface area contributed by atoms with Gasteiger partial charge in [-0.3, -0.25) is 9.89 Å². The second-order valence-electron chi connectivity index (χ2n) is 5.91. The van der Waals surface area contributed by atoms with Crippen LogP contribution < -0.4 is 0 Å². The van der Waals surface area contributed by atoms with E-state index in [4.69, 9.17) is 4.74 Å². The minimum atomic E-state index is -4.46. The summed E-state index contributed by atoms with van der Waals surface area (Å²) in [6, 6.07) is 1.04. The number of piperidine rings is 1. The van der Waals surface area contributed by atoms with Gasteiger partial charge >= 0.3 is 6.18 Å². The van der Waals surface area contributed by atoms with Crippen molar-refractivity contribution in [1.29, 1.82) is 0 Å². The van der Waals surface area contributed by atoms with Crippen molar-refractivity contribution in [2.24, 2.45) is 0 Å². The molecule has 1 aromatic rings. The van der Waals surface area contributed by atoms with E-state index in [0.717, 1.165) is 25.3 Å². The number of alkyl halides is 3. The minimum Gasteiger partial charge on any atom is -0.501 e. The van der Waals surface area contributed by atoms with Crippen LogP contribution in [0.15, 0.2) is 17.9 Å². The van der Waals surface area contributed by atoms with Crippen LogP contribution in [0.2, 0.25) is 0 Å². The monoisotopic (exact) mass is 329 g/mol. The Balaban J connectivity index is 1.69. The van der Waals surface area contributed by atoms with Gasteiger partial charge in [-0.15, -0.1) is 0 Å². The van der Waals surface area contributed by atoms with Crippen LogP contribution in [-0.2, 0) is 15.7 Å². The number of nitrogens with one attached hydrogen (secondary N) is 1. The SMILES string of the molecule is O=C(C1=COCCC1)N1CCC[C@H](c2cc(C(F)(F)F)n[nH]2)C1. The molecule has 0 aliphatic carbocycles. The van der Waals surface area contributed by atoms with Crippen molar-refractivity contribution in [2.75, 3.05) is 19.7 Å². The number of carbonyl (C=O) groups is 1. The van der Waals surface area contributed by atoms with Gasteiger partial charge in [0.2, 0.25) is 0 Å². The van der Waals surface area contributed by atoms with E-state index in [-0.39, 0.29) is 11.8 Å². The highest BCUT2D eigenvalue weighted by molar-refractivity contribution is 5.93. The molecule has 1 saturated heterocycles. The van der Waals surface area contributed by atoms with Gasteiger partial charge in [0.05, 0.1) is 18.4 Å². The van der Waals surface area contributed by atoms with Gasteiger partial charge < -0.3 is 9.64 Å². The molecule has 0 radical (unpaired) electrons. The van der Waals surface area contributed by atoms with E-state index in [1.54, 1.807) is 4.90 Å².